The average Bonchev–Trinajstić information content (AvgIpc) is 2.89. The van der Waals surface area contributed by atoms with Crippen molar-refractivity contribution in [2.24, 2.45) is 34.5 Å². The first-order valence-corrected chi connectivity index (χ1v) is 8.64. The Bertz CT molecular complexity index is 923. The van der Waals surface area contributed by atoms with Crippen LogP contribution in [0.15, 0.2) is 11.6 Å². The summed E-state index contributed by atoms with van der Waals surface area (Å²) in [7, 11) is 0. The first-order valence-electron chi connectivity index (χ1n) is 13.1. The van der Waals surface area contributed by atoms with E-state index in [0.29, 0.717) is 19.3 Å². The molecule has 2 nitrogen and oxygen atoms in total. The van der Waals surface area contributed by atoms with Crippen LogP contribution < -0.4 is 0 Å². The third-order valence-electron chi connectivity index (χ3n) is 7.25. The molecule has 0 saturated heterocycles. The fourth-order valence-corrected chi connectivity index (χ4v) is 5.98. The van der Waals surface area contributed by atoms with Gasteiger partial charge in [-0.15, -0.1) is 0 Å². The first kappa shape index (κ1) is 8.45. The third-order valence-corrected chi connectivity index (χ3v) is 7.25. The summed E-state index contributed by atoms with van der Waals surface area (Å²) in [6, 6.07) is -0.556. The van der Waals surface area contributed by atoms with Crippen LogP contribution in [0.4, 0.5) is 0 Å². The first-order chi connectivity index (χ1) is 14.3. The van der Waals surface area contributed by atoms with Crippen molar-refractivity contribution in [1.82, 2.24) is 0 Å². The van der Waals surface area contributed by atoms with Crippen LogP contribution in [-0.4, -0.2) is 11.6 Å². The zero-order chi connectivity index (χ0) is 24.3. The molecule has 0 heterocycles. The van der Waals surface area contributed by atoms with E-state index < -0.39 is 53.9 Å². The fraction of sp³-hybridized carbons (Fsp3) is 0.810. The molecule has 0 amide bonds. The van der Waals surface area contributed by atoms with Crippen LogP contribution in [0.5, 0.6) is 0 Å². The highest BCUT2D eigenvalue weighted by atomic mass is 16.1. The Labute approximate surface area is 152 Å². The van der Waals surface area contributed by atoms with Crippen molar-refractivity contribution in [3.05, 3.63) is 11.6 Å². The maximum Gasteiger partial charge on any atom is 0.155 e. The van der Waals surface area contributed by atoms with Gasteiger partial charge in [0.05, 0.1) is 1.37 Å². The second kappa shape index (κ2) is 5.04. The molecule has 0 spiro atoms. The number of ketones is 2. The highest BCUT2D eigenvalue weighted by molar-refractivity contribution is 5.91. The molecule has 23 heavy (non-hydrogen) atoms. The number of carbonyl (C=O) groups is 2. The van der Waals surface area contributed by atoms with Crippen LogP contribution >= 0.6 is 0 Å². The van der Waals surface area contributed by atoms with E-state index in [2.05, 4.69) is 0 Å². The zero-order valence-corrected chi connectivity index (χ0v) is 13.8. The third kappa shape index (κ3) is 2.06. The standard InChI is InChI=1S/C21H30O2/c1-13(22)17-6-7-18-16-5-4-14-12-15(23)8-10-20(14,2)19(16)9-11-21(17,18)3/h12,16-19H,4-11H2,1-3H3/t16?,17-,18?,19?,20?,21?/m1/s1/i1D3,4D2,8D2,12D,17D. The second-order valence-corrected chi connectivity index (χ2v) is 8.16. The van der Waals surface area contributed by atoms with E-state index >= 15 is 0 Å². The minimum atomic E-state index is -2.88. The van der Waals surface area contributed by atoms with Crippen LogP contribution in [0.2, 0.25) is 0 Å². The Morgan fingerprint density at radius 1 is 1.26 bits per heavy atom. The molecule has 0 aliphatic heterocycles. The smallest absolute Gasteiger partial charge is 0.155 e. The maximum atomic E-state index is 12.8. The number of carbonyl (C=O) groups excluding carboxylic acids is 2. The molecule has 2 heteroatoms. The molecule has 3 fully saturated rings. The Morgan fingerprint density at radius 3 is 2.87 bits per heavy atom. The summed E-state index contributed by atoms with van der Waals surface area (Å²) in [6.07, 6.45) is -2.98. The summed E-state index contributed by atoms with van der Waals surface area (Å²) < 4.78 is 74.1. The molecule has 3 saturated carbocycles. The topological polar surface area (TPSA) is 34.1 Å². The van der Waals surface area contributed by atoms with Gasteiger partial charge in [-0.25, -0.2) is 0 Å². The highest BCUT2D eigenvalue weighted by Gasteiger charge is 2.59. The van der Waals surface area contributed by atoms with Crippen molar-refractivity contribution in [2.75, 3.05) is 0 Å². The molecule has 0 bridgehead atoms. The molecular formula is C21H30O2. The number of rotatable bonds is 1. The van der Waals surface area contributed by atoms with Gasteiger partial charge in [0.15, 0.2) is 5.78 Å². The van der Waals surface area contributed by atoms with Crippen molar-refractivity contribution < 1.29 is 21.9 Å². The molecule has 4 aliphatic carbocycles. The van der Waals surface area contributed by atoms with E-state index in [1.165, 1.54) is 0 Å². The number of hydrogen-bond donors (Lipinski definition) is 0. The Hall–Kier alpha value is -0.920. The van der Waals surface area contributed by atoms with Crippen molar-refractivity contribution in [2.45, 2.75) is 72.0 Å². The van der Waals surface area contributed by atoms with Crippen LogP contribution in [0.1, 0.15) is 84.3 Å². The van der Waals surface area contributed by atoms with Gasteiger partial charge in [0.2, 0.25) is 0 Å². The van der Waals surface area contributed by atoms with E-state index in [1.54, 1.807) is 13.8 Å². The van der Waals surface area contributed by atoms with E-state index in [9.17, 15) is 9.59 Å². The summed E-state index contributed by atoms with van der Waals surface area (Å²) in [4.78, 5) is 25.3. The summed E-state index contributed by atoms with van der Waals surface area (Å²) in [5.74, 6) is -4.53. The minimum absolute atomic E-state index is 0.0273. The zero-order valence-electron chi connectivity index (χ0n) is 22.8. The van der Waals surface area contributed by atoms with Gasteiger partial charge in [-0.1, -0.05) is 19.4 Å². The van der Waals surface area contributed by atoms with Crippen LogP contribution in [-0.2, 0) is 9.59 Å². The molecule has 4 aliphatic rings. The molecule has 5 unspecified atom stereocenters. The van der Waals surface area contributed by atoms with Gasteiger partial charge in [0.1, 0.15) is 5.78 Å². The largest absolute Gasteiger partial charge is 0.300 e. The minimum Gasteiger partial charge on any atom is -0.300 e. The van der Waals surface area contributed by atoms with E-state index in [4.69, 9.17) is 12.3 Å². The summed E-state index contributed by atoms with van der Waals surface area (Å²) in [6.45, 7) is 0.675. The lowest BCUT2D eigenvalue weighted by atomic mass is 9.47. The predicted molar refractivity (Wildman–Crippen MR) is 90.9 cm³/mol. The van der Waals surface area contributed by atoms with E-state index in [1.807, 2.05) is 0 Å². The number of hydrogen-bond acceptors (Lipinski definition) is 2. The molecule has 4 rings (SSSR count). The number of fused-ring (bicyclic) bond motifs is 5. The molecular weight excluding hydrogens is 284 g/mol. The van der Waals surface area contributed by atoms with Gasteiger partial charge in [-0.3, -0.25) is 9.59 Å². The van der Waals surface area contributed by atoms with Gasteiger partial charge in [0, 0.05) is 23.2 Å². The monoisotopic (exact) mass is 323 g/mol. The predicted octanol–water partition coefficient (Wildman–Crippen LogP) is 4.72. The molecule has 0 N–H and O–H groups in total. The fourth-order valence-electron chi connectivity index (χ4n) is 5.98. The van der Waals surface area contributed by atoms with Gasteiger partial charge in [-0.2, -0.15) is 0 Å². The van der Waals surface area contributed by atoms with E-state index in [0.717, 1.165) is 0 Å². The lowest BCUT2D eigenvalue weighted by Gasteiger charge is -2.58. The van der Waals surface area contributed by atoms with Crippen molar-refractivity contribution in [1.29, 1.82) is 0 Å². The lowest BCUT2D eigenvalue weighted by Crippen LogP contribution is -2.51. The van der Waals surface area contributed by atoms with Gasteiger partial charge in [0.25, 0.3) is 0 Å². The van der Waals surface area contributed by atoms with Crippen LogP contribution in [0, 0.1) is 34.5 Å². The van der Waals surface area contributed by atoms with Crippen molar-refractivity contribution >= 4 is 11.6 Å². The normalized spacial score (nSPS) is 63.3. The molecule has 0 aromatic carbocycles. The van der Waals surface area contributed by atoms with Gasteiger partial charge in [-0.05, 0) is 86.4 Å². The Kier molecular flexibility index (Phi) is 1.85. The summed E-state index contributed by atoms with van der Waals surface area (Å²) >= 11 is 0. The second-order valence-electron chi connectivity index (χ2n) is 8.16. The molecule has 126 valence electrons. The number of Topliss-reactive ketones (excluding diaryl/α,β-unsaturated/α-hetero) is 1. The van der Waals surface area contributed by atoms with Crippen LogP contribution in [0.3, 0.4) is 0 Å². The molecule has 0 aromatic rings. The highest BCUT2D eigenvalue weighted by Crippen LogP contribution is 2.66. The van der Waals surface area contributed by atoms with Gasteiger partial charge >= 0.3 is 0 Å². The van der Waals surface area contributed by atoms with Crippen molar-refractivity contribution in [3.63, 3.8) is 0 Å². The quantitative estimate of drug-likeness (QED) is 0.699. The maximum absolute atomic E-state index is 12.8. The van der Waals surface area contributed by atoms with Crippen LogP contribution in [0.25, 0.3) is 0 Å². The summed E-state index contributed by atoms with van der Waals surface area (Å²) in [5, 5.41) is 0. The number of allylic oxidation sites excluding steroid dienone is 1. The average molecular weight is 324 g/mol. The molecule has 0 aromatic heterocycles. The lowest BCUT2D eigenvalue weighted by molar-refractivity contribution is -0.128. The Balaban J connectivity index is 1.81. The SMILES string of the molecule is [2H]C1=C2C([2H])([2H])CC3C(CCC4(C)C3CC[C@]4([2H])C(=O)C([2H])([2H])[2H])C2(C)CC([2H])([2H])C1=O. The Morgan fingerprint density at radius 2 is 2.09 bits per heavy atom. The summed E-state index contributed by atoms with van der Waals surface area (Å²) in [5.41, 5.74) is -1.85. The van der Waals surface area contributed by atoms with E-state index in [-0.39, 0.29) is 42.6 Å². The molecule has 6 atom stereocenters. The molecule has 0 radical (unpaired) electrons. The van der Waals surface area contributed by atoms with Crippen molar-refractivity contribution in [3.8, 4) is 0 Å². The van der Waals surface area contributed by atoms with Gasteiger partial charge < -0.3 is 0 Å².